The number of hydrogen-bond acceptors (Lipinski definition) is 4. The summed E-state index contributed by atoms with van der Waals surface area (Å²) in [6, 6.07) is 11.6. The monoisotopic (exact) mass is 270 g/mol. The van der Waals surface area contributed by atoms with Crippen LogP contribution < -0.4 is 9.47 Å². The number of rotatable bonds is 5. The van der Waals surface area contributed by atoms with Crippen LogP contribution in [-0.4, -0.2) is 26.3 Å². The largest absolute Gasteiger partial charge is 0.497 e. The van der Waals surface area contributed by atoms with Gasteiger partial charge in [0.1, 0.15) is 11.5 Å². The molecule has 0 amide bonds. The lowest BCUT2D eigenvalue weighted by molar-refractivity contribution is 0.103. The summed E-state index contributed by atoms with van der Waals surface area (Å²) in [5, 5.41) is 0. The molecule has 0 saturated heterocycles. The van der Waals surface area contributed by atoms with Crippen molar-refractivity contribution in [2.45, 2.75) is 0 Å². The zero-order valence-corrected chi connectivity index (χ0v) is 11.3. The summed E-state index contributed by atoms with van der Waals surface area (Å²) in [4.78, 5) is 23.3. The first-order valence-corrected chi connectivity index (χ1v) is 6.01. The second-order valence-corrected chi connectivity index (χ2v) is 4.13. The van der Waals surface area contributed by atoms with Crippen LogP contribution in [0.3, 0.4) is 0 Å². The first kappa shape index (κ1) is 13.8. The molecule has 0 N–H and O–H groups in total. The zero-order valence-electron chi connectivity index (χ0n) is 11.3. The summed E-state index contributed by atoms with van der Waals surface area (Å²) in [5.41, 5.74) is 1.33. The summed E-state index contributed by atoms with van der Waals surface area (Å²) in [7, 11) is 3.05. The molecule has 4 nitrogen and oxygen atoms in total. The number of ketones is 1. The SMILES string of the molecule is COc1ccc(C(=O)c2ccc(OC)c(C=O)c2)cc1. The molecule has 0 unspecified atom stereocenters. The van der Waals surface area contributed by atoms with E-state index >= 15 is 0 Å². The Hall–Kier alpha value is -2.62. The molecule has 0 heterocycles. The minimum absolute atomic E-state index is 0.154. The van der Waals surface area contributed by atoms with Crippen molar-refractivity contribution in [3.05, 3.63) is 59.2 Å². The van der Waals surface area contributed by atoms with Gasteiger partial charge in [0.25, 0.3) is 0 Å². The minimum Gasteiger partial charge on any atom is -0.497 e. The molecule has 0 fully saturated rings. The molecule has 20 heavy (non-hydrogen) atoms. The lowest BCUT2D eigenvalue weighted by atomic mass is 10.0. The quantitative estimate of drug-likeness (QED) is 0.619. The average molecular weight is 270 g/mol. The van der Waals surface area contributed by atoms with Crippen molar-refractivity contribution in [3.8, 4) is 11.5 Å². The Bertz CT molecular complexity index is 629. The Labute approximate surface area is 116 Å². The maximum absolute atomic E-state index is 12.3. The predicted molar refractivity (Wildman–Crippen MR) is 74.8 cm³/mol. The smallest absolute Gasteiger partial charge is 0.193 e. The van der Waals surface area contributed by atoms with E-state index in [9.17, 15) is 9.59 Å². The molecule has 2 rings (SSSR count). The summed E-state index contributed by atoms with van der Waals surface area (Å²) in [6.45, 7) is 0. The van der Waals surface area contributed by atoms with Crippen LogP contribution in [-0.2, 0) is 0 Å². The van der Waals surface area contributed by atoms with Crippen LogP contribution in [0, 0.1) is 0 Å². The number of benzene rings is 2. The van der Waals surface area contributed by atoms with Gasteiger partial charge in [0.15, 0.2) is 12.1 Å². The van der Waals surface area contributed by atoms with Crippen molar-refractivity contribution in [3.63, 3.8) is 0 Å². The second-order valence-electron chi connectivity index (χ2n) is 4.13. The Morgan fingerprint density at radius 2 is 1.60 bits per heavy atom. The molecule has 0 aliphatic carbocycles. The first-order valence-electron chi connectivity index (χ1n) is 6.01. The summed E-state index contributed by atoms with van der Waals surface area (Å²) >= 11 is 0. The van der Waals surface area contributed by atoms with E-state index in [-0.39, 0.29) is 5.78 Å². The molecule has 0 aliphatic rings. The molecule has 0 bridgehead atoms. The van der Waals surface area contributed by atoms with Crippen molar-refractivity contribution in [1.82, 2.24) is 0 Å². The molecule has 4 heteroatoms. The summed E-state index contributed by atoms with van der Waals surface area (Å²) in [6.07, 6.45) is 0.670. The second kappa shape index (κ2) is 6.02. The van der Waals surface area contributed by atoms with Crippen LogP contribution in [0.15, 0.2) is 42.5 Å². The number of carbonyl (C=O) groups is 2. The van der Waals surface area contributed by atoms with Crippen LogP contribution in [0.5, 0.6) is 11.5 Å². The maximum atomic E-state index is 12.3. The van der Waals surface area contributed by atoms with Crippen molar-refractivity contribution in [2.75, 3.05) is 14.2 Å². The molecule has 102 valence electrons. The van der Waals surface area contributed by atoms with Gasteiger partial charge in [0.2, 0.25) is 0 Å². The summed E-state index contributed by atoms with van der Waals surface area (Å²) < 4.78 is 10.1. The van der Waals surface area contributed by atoms with E-state index in [0.29, 0.717) is 34.5 Å². The van der Waals surface area contributed by atoms with E-state index in [4.69, 9.17) is 9.47 Å². The molecule has 0 aliphatic heterocycles. The van der Waals surface area contributed by atoms with Crippen LogP contribution in [0.25, 0.3) is 0 Å². The van der Waals surface area contributed by atoms with E-state index in [2.05, 4.69) is 0 Å². The topological polar surface area (TPSA) is 52.6 Å². The van der Waals surface area contributed by atoms with Crippen LogP contribution in [0.2, 0.25) is 0 Å². The molecule has 0 aromatic heterocycles. The van der Waals surface area contributed by atoms with Gasteiger partial charge in [0.05, 0.1) is 19.8 Å². The Kier molecular flexibility index (Phi) is 4.15. The van der Waals surface area contributed by atoms with Gasteiger partial charge in [-0.2, -0.15) is 0 Å². The lowest BCUT2D eigenvalue weighted by Crippen LogP contribution is -2.03. The van der Waals surface area contributed by atoms with Crippen molar-refractivity contribution in [2.24, 2.45) is 0 Å². The first-order chi connectivity index (χ1) is 9.69. The molecule has 0 saturated carbocycles. The number of aldehydes is 1. The zero-order chi connectivity index (χ0) is 14.5. The van der Waals surface area contributed by atoms with E-state index < -0.39 is 0 Å². The van der Waals surface area contributed by atoms with Crippen LogP contribution in [0.1, 0.15) is 26.3 Å². The summed E-state index contributed by atoms with van der Waals surface area (Å²) in [5.74, 6) is 0.981. The number of hydrogen-bond donors (Lipinski definition) is 0. The highest BCUT2D eigenvalue weighted by Crippen LogP contribution is 2.21. The molecule has 0 spiro atoms. The van der Waals surface area contributed by atoms with Gasteiger partial charge in [0, 0.05) is 11.1 Å². The fourth-order valence-corrected chi connectivity index (χ4v) is 1.88. The minimum atomic E-state index is -0.154. The lowest BCUT2D eigenvalue weighted by Gasteiger charge is -2.07. The number of methoxy groups -OCH3 is 2. The third-order valence-electron chi connectivity index (χ3n) is 2.97. The van der Waals surface area contributed by atoms with Crippen molar-refractivity contribution < 1.29 is 19.1 Å². The Morgan fingerprint density at radius 1 is 0.950 bits per heavy atom. The third-order valence-corrected chi connectivity index (χ3v) is 2.97. The third kappa shape index (κ3) is 2.69. The van der Waals surface area contributed by atoms with Crippen molar-refractivity contribution >= 4 is 12.1 Å². The highest BCUT2D eigenvalue weighted by Gasteiger charge is 2.12. The molecular formula is C16H14O4. The van der Waals surface area contributed by atoms with Gasteiger partial charge in [-0.05, 0) is 42.5 Å². The highest BCUT2D eigenvalue weighted by atomic mass is 16.5. The van der Waals surface area contributed by atoms with Gasteiger partial charge in [-0.1, -0.05) is 0 Å². The Balaban J connectivity index is 2.34. The maximum Gasteiger partial charge on any atom is 0.193 e. The standard InChI is InChI=1S/C16H14O4/c1-19-14-6-3-11(4-7-14)16(18)12-5-8-15(20-2)13(9-12)10-17/h3-10H,1-2H3. The highest BCUT2D eigenvalue weighted by molar-refractivity contribution is 6.09. The van der Waals surface area contributed by atoms with Gasteiger partial charge < -0.3 is 9.47 Å². The van der Waals surface area contributed by atoms with Crippen LogP contribution in [0.4, 0.5) is 0 Å². The molecular weight excluding hydrogens is 256 g/mol. The fourth-order valence-electron chi connectivity index (χ4n) is 1.88. The van der Waals surface area contributed by atoms with E-state index in [0.717, 1.165) is 0 Å². The molecule has 0 atom stereocenters. The molecule has 0 radical (unpaired) electrons. The van der Waals surface area contributed by atoms with Gasteiger partial charge in [-0.15, -0.1) is 0 Å². The van der Waals surface area contributed by atoms with Gasteiger partial charge in [-0.25, -0.2) is 0 Å². The Morgan fingerprint density at radius 3 is 2.15 bits per heavy atom. The number of ether oxygens (including phenoxy) is 2. The average Bonchev–Trinajstić information content (AvgIpc) is 2.53. The molecule has 2 aromatic rings. The van der Waals surface area contributed by atoms with E-state index in [1.165, 1.54) is 13.2 Å². The van der Waals surface area contributed by atoms with Crippen LogP contribution >= 0.6 is 0 Å². The normalized spacial score (nSPS) is 9.90. The number of carbonyl (C=O) groups excluding carboxylic acids is 2. The van der Waals surface area contributed by atoms with Crippen molar-refractivity contribution in [1.29, 1.82) is 0 Å². The van der Waals surface area contributed by atoms with E-state index in [1.807, 2.05) is 0 Å². The molecule has 2 aromatic carbocycles. The predicted octanol–water partition coefficient (Wildman–Crippen LogP) is 2.75. The van der Waals surface area contributed by atoms with E-state index in [1.54, 1.807) is 43.5 Å². The van der Waals surface area contributed by atoms with Gasteiger partial charge >= 0.3 is 0 Å². The fraction of sp³-hybridized carbons (Fsp3) is 0.125. The van der Waals surface area contributed by atoms with Gasteiger partial charge in [-0.3, -0.25) is 9.59 Å².